The summed E-state index contributed by atoms with van der Waals surface area (Å²) in [6.45, 7) is 9.00. The van der Waals surface area contributed by atoms with E-state index in [-0.39, 0.29) is 31.1 Å². The molecule has 0 spiro atoms. The van der Waals surface area contributed by atoms with Crippen LogP contribution in [0, 0.1) is 5.92 Å². The highest BCUT2D eigenvalue weighted by atomic mass is 16.6. The number of ether oxygens (including phenoxy) is 3. The summed E-state index contributed by atoms with van der Waals surface area (Å²) in [7, 11) is 0. The van der Waals surface area contributed by atoms with E-state index >= 15 is 0 Å². The Labute approximate surface area is 361 Å². The SMILES string of the molecule is CCCCCCCCCCCCCCCCCC(=O)OC[C@H](COC(=O)CCCCCCCCCCCCCCCCCC(C)C)OC(=O)CCCCCCCCC. The molecule has 6 heteroatoms. The largest absolute Gasteiger partial charge is 0.462 e. The van der Waals surface area contributed by atoms with E-state index in [0.29, 0.717) is 19.3 Å². The van der Waals surface area contributed by atoms with Crippen LogP contribution in [-0.2, 0) is 28.6 Å². The molecule has 0 radical (unpaired) electrons. The first-order valence-electron chi connectivity index (χ1n) is 25.9. The molecule has 0 aliphatic heterocycles. The summed E-state index contributed by atoms with van der Waals surface area (Å²) in [5.74, 6) is -0.00204. The smallest absolute Gasteiger partial charge is 0.306 e. The minimum Gasteiger partial charge on any atom is -0.462 e. The standard InChI is InChI=1S/C52H100O6/c1-5-7-9-11-13-14-15-16-18-22-25-28-32-35-39-43-50(53)56-46-49(58-52(55)45-41-37-30-12-10-8-6-2)47-57-51(54)44-40-36-33-29-26-23-20-17-19-21-24-27-31-34-38-42-48(3)4/h48-49H,5-47H2,1-4H3/t49-/m1/s1. The average Bonchev–Trinajstić information content (AvgIpc) is 3.21. The molecule has 0 saturated heterocycles. The predicted molar refractivity (Wildman–Crippen MR) is 247 cm³/mol. The van der Waals surface area contributed by atoms with E-state index < -0.39 is 6.10 Å². The number of rotatable bonds is 47. The molecule has 0 aromatic rings. The highest BCUT2D eigenvalue weighted by molar-refractivity contribution is 5.71. The van der Waals surface area contributed by atoms with Crippen LogP contribution in [0.15, 0.2) is 0 Å². The minimum atomic E-state index is -0.759. The summed E-state index contributed by atoms with van der Waals surface area (Å²) < 4.78 is 16.7. The quantitative estimate of drug-likeness (QED) is 0.0346. The van der Waals surface area contributed by atoms with E-state index in [1.807, 2.05) is 0 Å². The van der Waals surface area contributed by atoms with Crippen molar-refractivity contribution in [3.05, 3.63) is 0 Å². The highest BCUT2D eigenvalue weighted by Gasteiger charge is 2.19. The van der Waals surface area contributed by atoms with Gasteiger partial charge in [0, 0.05) is 19.3 Å². The Balaban J connectivity index is 4.15. The van der Waals surface area contributed by atoms with Crippen molar-refractivity contribution in [2.45, 2.75) is 297 Å². The molecule has 0 N–H and O–H groups in total. The second-order valence-electron chi connectivity index (χ2n) is 18.3. The summed E-state index contributed by atoms with van der Waals surface area (Å²) in [6, 6.07) is 0. The topological polar surface area (TPSA) is 78.9 Å². The fraction of sp³-hybridized carbons (Fsp3) is 0.942. The Morgan fingerprint density at radius 1 is 0.328 bits per heavy atom. The number of hydrogen-bond acceptors (Lipinski definition) is 6. The minimum absolute atomic E-state index is 0.0633. The van der Waals surface area contributed by atoms with Crippen molar-refractivity contribution in [3.8, 4) is 0 Å². The molecule has 344 valence electrons. The van der Waals surface area contributed by atoms with Gasteiger partial charge in [-0.2, -0.15) is 0 Å². The van der Waals surface area contributed by atoms with Crippen LogP contribution in [0.4, 0.5) is 0 Å². The first-order chi connectivity index (χ1) is 28.4. The monoisotopic (exact) mass is 821 g/mol. The summed E-state index contributed by atoms with van der Waals surface area (Å²) in [5, 5.41) is 0. The third-order valence-corrected chi connectivity index (χ3v) is 11.8. The predicted octanol–water partition coefficient (Wildman–Crippen LogP) is 16.7. The van der Waals surface area contributed by atoms with Gasteiger partial charge in [0.05, 0.1) is 0 Å². The normalized spacial score (nSPS) is 11.9. The van der Waals surface area contributed by atoms with Gasteiger partial charge in [-0.05, 0) is 25.2 Å². The van der Waals surface area contributed by atoms with E-state index in [2.05, 4.69) is 27.7 Å². The molecule has 0 aromatic carbocycles. The summed E-state index contributed by atoms with van der Waals surface area (Å²) in [4.78, 5) is 37.8. The third-order valence-electron chi connectivity index (χ3n) is 11.8. The number of hydrogen-bond donors (Lipinski definition) is 0. The maximum Gasteiger partial charge on any atom is 0.306 e. The van der Waals surface area contributed by atoms with Crippen LogP contribution < -0.4 is 0 Å². The zero-order valence-corrected chi connectivity index (χ0v) is 39.5. The van der Waals surface area contributed by atoms with Crippen molar-refractivity contribution >= 4 is 17.9 Å². The van der Waals surface area contributed by atoms with E-state index in [0.717, 1.165) is 63.7 Å². The van der Waals surface area contributed by atoms with Gasteiger partial charge in [0.25, 0.3) is 0 Å². The lowest BCUT2D eigenvalue weighted by molar-refractivity contribution is -0.167. The fourth-order valence-corrected chi connectivity index (χ4v) is 7.86. The molecule has 0 rings (SSSR count). The van der Waals surface area contributed by atoms with Gasteiger partial charge in [-0.15, -0.1) is 0 Å². The van der Waals surface area contributed by atoms with Crippen molar-refractivity contribution in [3.63, 3.8) is 0 Å². The zero-order chi connectivity index (χ0) is 42.4. The van der Waals surface area contributed by atoms with Crippen LogP contribution in [0.2, 0.25) is 0 Å². The summed E-state index contributed by atoms with van der Waals surface area (Å²) in [5.41, 5.74) is 0. The molecule has 1 atom stereocenters. The Kier molecular flexibility index (Phi) is 45.2. The van der Waals surface area contributed by atoms with Gasteiger partial charge < -0.3 is 14.2 Å². The molecular formula is C52H100O6. The van der Waals surface area contributed by atoms with E-state index in [1.54, 1.807) is 0 Å². The number of esters is 3. The molecule has 0 fully saturated rings. The van der Waals surface area contributed by atoms with Gasteiger partial charge in [0.2, 0.25) is 0 Å². The lowest BCUT2D eigenvalue weighted by Gasteiger charge is -2.18. The van der Waals surface area contributed by atoms with Crippen LogP contribution in [-0.4, -0.2) is 37.2 Å². The Morgan fingerprint density at radius 3 is 0.845 bits per heavy atom. The van der Waals surface area contributed by atoms with Crippen LogP contribution in [0.5, 0.6) is 0 Å². The molecule has 0 aliphatic rings. The lowest BCUT2D eigenvalue weighted by atomic mass is 10.0. The Hall–Kier alpha value is -1.59. The zero-order valence-electron chi connectivity index (χ0n) is 39.5. The lowest BCUT2D eigenvalue weighted by Crippen LogP contribution is -2.30. The van der Waals surface area contributed by atoms with Crippen molar-refractivity contribution in [2.75, 3.05) is 13.2 Å². The molecule has 0 aliphatic carbocycles. The van der Waals surface area contributed by atoms with Gasteiger partial charge in [-0.1, -0.05) is 252 Å². The van der Waals surface area contributed by atoms with Crippen molar-refractivity contribution in [1.29, 1.82) is 0 Å². The van der Waals surface area contributed by atoms with Crippen LogP contribution in [0.25, 0.3) is 0 Å². The first-order valence-corrected chi connectivity index (χ1v) is 25.9. The third kappa shape index (κ3) is 45.5. The van der Waals surface area contributed by atoms with Crippen molar-refractivity contribution in [2.24, 2.45) is 5.92 Å². The molecule has 0 saturated carbocycles. The van der Waals surface area contributed by atoms with E-state index in [9.17, 15) is 14.4 Å². The van der Waals surface area contributed by atoms with Gasteiger partial charge in [-0.3, -0.25) is 14.4 Å². The number of unbranched alkanes of at least 4 members (excludes halogenated alkanes) is 34. The van der Waals surface area contributed by atoms with Crippen LogP contribution in [0.3, 0.4) is 0 Å². The second-order valence-corrected chi connectivity index (χ2v) is 18.3. The highest BCUT2D eigenvalue weighted by Crippen LogP contribution is 2.17. The van der Waals surface area contributed by atoms with Crippen LogP contribution in [0.1, 0.15) is 291 Å². The van der Waals surface area contributed by atoms with E-state index in [4.69, 9.17) is 14.2 Å². The average molecular weight is 821 g/mol. The molecule has 0 aromatic heterocycles. The molecular weight excluding hydrogens is 721 g/mol. The second kappa shape index (κ2) is 46.5. The molecule has 0 bridgehead atoms. The maximum atomic E-state index is 12.7. The molecule has 0 heterocycles. The maximum absolute atomic E-state index is 12.7. The number of carbonyl (C=O) groups is 3. The summed E-state index contributed by atoms with van der Waals surface area (Å²) >= 11 is 0. The van der Waals surface area contributed by atoms with Crippen molar-refractivity contribution in [1.82, 2.24) is 0 Å². The van der Waals surface area contributed by atoms with Gasteiger partial charge in [0.15, 0.2) is 6.10 Å². The van der Waals surface area contributed by atoms with Crippen LogP contribution >= 0.6 is 0 Å². The molecule has 0 amide bonds. The summed E-state index contributed by atoms with van der Waals surface area (Å²) in [6.07, 6.45) is 48.2. The fourth-order valence-electron chi connectivity index (χ4n) is 7.86. The number of carbonyl (C=O) groups excluding carboxylic acids is 3. The van der Waals surface area contributed by atoms with Gasteiger partial charge in [-0.25, -0.2) is 0 Å². The van der Waals surface area contributed by atoms with Crippen molar-refractivity contribution < 1.29 is 28.6 Å². The Bertz CT molecular complexity index is 872. The molecule has 0 unspecified atom stereocenters. The molecule has 58 heavy (non-hydrogen) atoms. The Morgan fingerprint density at radius 2 is 0.569 bits per heavy atom. The first kappa shape index (κ1) is 56.4. The molecule has 6 nitrogen and oxygen atoms in total. The van der Waals surface area contributed by atoms with Gasteiger partial charge in [0.1, 0.15) is 13.2 Å². The van der Waals surface area contributed by atoms with E-state index in [1.165, 1.54) is 186 Å². The van der Waals surface area contributed by atoms with Gasteiger partial charge >= 0.3 is 17.9 Å².